The molecule has 0 aliphatic heterocycles. The van der Waals surface area contributed by atoms with Gasteiger partial charge in [0, 0.05) is 25.4 Å². The minimum atomic E-state index is -0.192. The molecule has 114 valence electrons. The Balaban J connectivity index is 1.52. The Labute approximate surface area is 120 Å². The van der Waals surface area contributed by atoms with E-state index < -0.39 is 0 Å². The Morgan fingerprint density at radius 1 is 1.05 bits per heavy atom. The van der Waals surface area contributed by atoms with E-state index in [1.165, 1.54) is 0 Å². The molecular weight excluding hydrogens is 256 g/mol. The molecule has 5 nitrogen and oxygen atoms in total. The Morgan fingerprint density at radius 2 is 1.80 bits per heavy atom. The van der Waals surface area contributed by atoms with Gasteiger partial charge in [-0.05, 0) is 38.0 Å². The largest absolute Gasteiger partial charge is 0.393 e. The Morgan fingerprint density at radius 3 is 2.45 bits per heavy atom. The van der Waals surface area contributed by atoms with Crippen molar-refractivity contribution in [3.63, 3.8) is 0 Å². The zero-order valence-corrected chi connectivity index (χ0v) is 12.1. The van der Waals surface area contributed by atoms with Gasteiger partial charge in [-0.3, -0.25) is 9.59 Å². The minimum Gasteiger partial charge on any atom is -0.393 e. The van der Waals surface area contributed by atoms with Gasteiger partial charge in [0.05, 0.1) is 6.10 Å². The van der Waals surface area contributed by atoms with Crippen molar-refractivity contribution in [3.8, 4) is 0 Å². The summed E-state index contributed by atoms with van der Waals surface area (Å²) < 4.78 is 0. The third-order valence-corrected chi connectivity index (χ3v) is 4.48. The molecule has 0 aromatic heterocycles. The maximum absolute atomic E-state index is 11.8. The molecule has 2 unspecified atom stereocenters. The van der Waals surface area contributed by atoms with Gasteiger partial charge in [-0.2, -0.15) is 0 Å². The molecule has 0 aromatic rings. The number of aliphatic hydroxyl groups excluding tert-OH is 1. The Bertz CT molecular complexity index is 340. The first-order chi connectivity index (χ1) is 9.65. The van der Waals surface area contributed by atoms with Crippen molar-refractivity contribution < 1.29 is 14.7 Å². The minimum absolute atomic E-state index is 0.0156. The second-order valence-corrected chi connectivity index (χ2v) is 6.16. The van der Waals surface area contributed by atoms with E-state index in [1.807, 2.05) is 0 Å². The quantitative estimate of drug-likeness (QED) is 0.679. The van der Waals surface area contributed by atoms with Crippen LogP contribution in [0.25, 0.3) is 0 Å². The molecule has 0 saturated heterocycles. The molecule has 3 N–H and O–H groups in total. The highest BCUT2D eigenvalue weighted by Crippen LogP contribution is 2.25. The predicted molar refractivity (Wildman–Crippen MR) is 75.9 cm³/mol. The van der Waals surface area contributed by atoms with Crippen molar-refractivity contribution in [1.82, 2.24) is 10.6 Å². The van der Waals surface area contributed by atoms with Crippen molar-refractivity contribution in [2.75, 3.05) is 13.1 Å². The number of aliphatic hydroxyl groups is 1. The molecule has 20 heavy (non-hydrogen) atoms. The number of rotatable bonds is 6. The third kappa shape index (κ3) is 4.78. The predicted octanol–water partition coefficient (Wildman–Crippen LogP) is 0.960. The van der Waals surface area contributed by atoms with Crippen LogP contribution in [0.5, 0.6) is 0 Å². The molecule has 2 aliphatic carbocycles. The average Bonchev–Trinajstić information content (AvgIpc) is 3.07. The number of hydrogen-bond donors (Lipinski definition) is 3. The van der Waals surface area contributed by atoms with Gasteiger partial charge in [0.2, 0.25) is 11.8 Å². The topological polar surface area (TPSA) is 78.4 Å². The van der Waals surface area contributed by atoms with E-state index in [9.17, 15) is 14.7 Å². The molecule has 0 heterocycles. The molecule has 2 saturated carbocycles. The van der Waals surface area contributed by atoms with Gasteiger partial charge in [-0.25, -0.2) is 0 Å². The van der Waals surface area contributed by atoms with Crippen molar-refractivity contribution >= 4 is 11.8 Å². The van der Waals surface area contributed by atoms with Crippen LogP contribution in [0.15, 0.2) is 0 Å². The summed E-state index contributed by atoms with van der Waals surface area (Å²) in [7, 11) is 0. The number of amides is 2. The maximum atomic E-state index is 11.8. The lowest BCUT2D eigenvalue weighted by Crippen LogP contribution is -2.35. The second-order valence-electron chi connectivity index (χ2n) is 6.16. The van der Waals surface area contributed by atoms with E-state index in [1.54, 1.807) is 0 Å². The van der Waals surface area contributed by atoms with Gasteiger partial charge in [0.1, 0.15) is 0 Å². The van der Waals surface area contributed by atoms with Crippen LogP contribution in [0.3, 0.4) is 0 Å². The van der Waals surface area contributed by atoms with Crippen molar-refractivity contribution in [3.05, 3.63) is 0 Å². The Kier molecular flexibility index (Phi) is 5.83. The van der Waals surface area contributed by atoms with E-state index in [-0.39, 0.29) is 23.8 Å². The molecular formula is C15H26N2O3. The summed E-state index contributed by atoms with van der Waals surface area (Å²) >= 11 is 0. The number of carbonyl (C=O) groups excluding carboxylic acids is 2. The standard InChI is InChI=1S/C15H26N2O3/c18-13-6-5-11(9-13)10-17-14(19)7-8-16-15(20)12-3-1-2-4-12/h11-13,18H,1-10H2,(H,16,20)(H,17,19). The zero-order chi connectivity index (χ0) is 14.4. The number of hydrogen-bond acceptors (Lipinski definition) is 3. The van der Waals surface area contributed by atoms with E-state index in [2.05, 4.69) is 10.6 Å². The fraction of sp³-hybridized carbons (Fsp3) is 0.867. The molecule has 2 aliphatic rings. The fourth-order valence-corrected chi connectivity index (χ4v) is 3.21. The number of nitrogens with one attached hydrogen (secondary N) is 2. The molecule has 2 atom stereocenters. The SMILES string of the molecule is O=C(CCNC(=O)C1CCCC1)NCC1CCC(O)C1. The van der Waals surface area contributed by atoms with Crippen molar-refractivity contribution in [1.29, 1.82) is 0 Å². The van der Waals surface area contributed by atoms with Crippen molar-refractivity contribution in [2.45, 2.75) is 57.5 Å². The highest BCUT2D eigenvalue weighted by molar-refractivity contribution is 5.80. The highest BCUT2D eigenvalue weighted by atomic mass is 16.3. The van der Waals surface area contributed by atoms with Gasteiger partial charge in [0.15, 0.2) is 0 Å². The summed E-state index contributed by atoms with van der Waals surface area (Å²) in [5, 5.41) is 15.1. The van der Waals surface area contributed by atoms with Crippen LogP contribution >= 0.6 is 0 Å². The molecule has 2 amide bonds. The normalized spacial score (nSPS) is 26.6. The average molecular weight is 282 g/mol. The summed E-state index contributed by atoms with van der Waals surface area (Å²) in [6, 6.07) is 0. The van der Waals surface area contributed by atoms with Crippen LogP contribution < -0.4 is 10.6 Å². The van der Waals surface area contributed by atoms with Crippen LogP contribution in [-0.2, 0) is 9.59 Å². The maximum Gasteiger partial charge on any atom is 0.223 e. The molecule has 5 heteroatoms. The summed E-state index contributed by atoms with van der Waals surface area (Å²) in [5.41, 5.74) is 0. The van der Waals surface area contributed by atoms with E-state index >= 15 is 0 Å². The lowest BCUT2D eigenvalue weighted by Gasteiger charge is -2.12. The first-order valence-corrected chi connectivity index (χ1v) is 7.87. The van der Waals surface area contributed by atoms with Crippen molar-refractivity contribution in [2.24, 2.45) is 11.8 Å². The first kappa shape index (κ1) is 15.3. The van der Waals surface area contributed by atoms with E-state index in [0.717, 1.165) is 44.9 Å². The van der Waals surface area contributed by atoms with Crippen LogP contribution in [0, 0.1) is 11.8 Å². The van der Waals surface area contributed by atoms with E-state index in [4.69, 9.17) is 0 Å². The molecule has 2 fully saturated rings. The van der Waals surface area contributed by atoms with Gasteiger partial charge < -0.3 is 15.7 Å². The molecule has 0 radical (unpaired) electrons. The van der Waals surface area contributed by atoms with Gasteiger partial charge in [-0.1, -0.05) is 12.8 Å². The molecule has 0 bridgehead atoms. The summed E-state index contributed by atoms with van der Waals surface area (Å²) in [4.78, 5) is 23.4. The van der Waals surface area contributed by atoms with Crippen LogP contribution in [0.2, 0.25) is 0 Å². The van der Waals surface area contributed by atoms with Crippen LogP contribution in [0.4, 0.5) is 0 Å². The second kappa shape index (κ2) is 7.62. The third-order valence-electron chi connectivity index (χ3n) is 4.48. The van der Waals surface area contributed by atoms with Gasteiger partial charge in [-0.15, -0.1) is 0 Å². The molecule has 0 aromatic carbocycles. The van der Waals surface area contributed by atoms with E-state index in [0.29, 0.717) is 25.4 Å². The van der Waals surface area contributed by atoms with Crippen LogP contribution in [0.1, 0.15) is 51.4 Å². The van der Waals surface area contributed by atoms with Gasteiger partial charge in [0.25, 0.3) is 0 Å². The lowest BCUT2D eigenvalue weighted by molar-refractivity contribution is -0.125. The molecule has 2 rings (SSSR count). The Hall–Kier alpha value is -1.10. The summed E-state index contributed by atoms with van der Waals surface area (Å²) in [6.07, 6.45) is 7.04. The smallest absolute Gasteiger partial charge is 0.223 e. The summed E-state index contributed by atoms with van der Waals surface area (Å²) in [6.45, 7) is 1.07. The number of carbonyl (C=O) groups is 2. The van der Waals surface area contributed by atoms with Crippen LogP contribution in [-0.4, -0.2) is 36.1 Å². The highest BCUT2D eigenvalue weighted by Gasteiger charge is 2.23. The first-order valence-electron chi connectivity index (χ1n) is 7.87. The lowest BCUT2D eigenvalue weighted by atomic mass is 10.1. The van der Waals surface area contributed by atoms with Gasteiger partial charge >= 0.3 is 0 Å². The summed E-state index contributed by atoms with van der Waals surface area (Å²) in [5.74, 6) is 0.660. The zero-order valence-electron chi connectivity index (χ0n) is 12.1. The fourth-order valence-electron chi connectivity index (χ4n) is 3.21. The monoisotopic (exact) mass is 282 g/mol. The molecule has 0 spiro atoms.